The third-order valence-electron chi connectivity index (χ3n) is 6.92. The van der Waals surface area contributed by atoms with Crippen LogP contribution >= 0.6 is 0 Å². The fraction of sp³-hybridized carbons (Fsp3) is 1.00. The van der Waals surface area contributed by atoms with Gasteiger partial charge < -0.3 is 15.1 Å². The Morgan fingerprint density at radius 3 is 2.19 bits per heavy atom. The fourth-order valence-electron chi connectivity index (χ4n) is 5.33. The minimum Gasteiger partial charge on any atom is -0.389 e. The van der Waals surface area contributed by atoms with E-state index in [0.29, 0.717) is 18.9 Å². The molecule has 4 atom stereocenters. The zero-order valence-electron chi connectivity index (χ0n) is 14.9. The lowest BCUT2D eigenvalue weighted by Crippen LogP contribution is -2.59. The molecule has 2 N–H and O–H groups in total. The molecule has 0 aliphatic heterocycles. The summed E-state index contributed by atoms with van der Waals surface area (Å²) in [5.74, 6) is 0.594. The topological polar surface area (TPSA) is 43.7 Å². The number of likely N-dealkylation sites (N-methyl/N-ethyl adjacent to an activating group) is 1. The Hall–Kier alpha value is -0.120. The third-order valence-corrected chi connectivity index (χ3v) is 6.92. The summed E-state index contributed by atoms with van der Waals surface area (Å²) >= 11 is 0. The van der Waals surface area contributed by atoms with Gasteiger partial charge in [0.05, 0.1) is 11.2 Å². The van der Waals surface area contributed by atoms with Crippen LogP contribution in [0.25, 0.3) is 0 Å². The first kappa shape index (κ1) is 17.2. The lowest BCUT2D eigenvalue weighted by Gasteiger charge is -2.53. The second-order valence-electron chi connectivity index (χ2n) is 8.72. The van der Waals surface area contributed by atoms with Crippen LogP contribution in [0.1, 0.15) is 67.2 Å². The van der Waals surface area contributed by atoms with E-state index in [2.05, 4.69) is 39.5 Å². The second-order valence-corrected chi connectivity index (χ2v) is 8.72. The largest absolute Gasteiger partial charge is 0.389 e. The van der Waals surface area contributed by atoms with Crippen LogP contribution in [0.3, 0.4) is 0 Å². The molecule has 0 aromatic rings. The molecular formula is C18H35NO2. The maximum absolute atomic E-state index is 11.6. The summed E-state index contributed by atoms with van der Waals surface area (Å²) in [4.78, 5) is 2.24. The van der Waals surface area contributed by atoms with E-state index in [1.54, 1.807) is 0 Å². The van der Waals surface area contributed by atoms with Gasteiger partial charge in [-0.3, -0.25) is 0 Å². The van der Waals surface area contributed by atoms with Gasteiger partial charge in [0.1, 0.15) is 0 Å². The van der Waals surface area contributed by atoms with Crippen LogP contribution in [-0.2, 0) is 0 Å². The normalized spacial score (nSPS) is 40.7. The Morgan fingerprint density at radius 2 is 1.76 bits per heavy atom. The number of hydrogen-bond acceptors (Lipinski definition) is 3. The fourth-order valence-corrected chi connectivity index (χ4v) is 5.33. The first-order valence-electron chi connectivity index (χ1n) is 8.68. The SMILES string of the molecule is CCN(CC)C[C@](C)(O)C[C@]1(O)C(C)(C)[C@H]2CC[C@]1(C)C2. The van der Waals surface area contributed by atoms with E-state index in [0.717, 1.165) is 25.9 Å². The molecule has 0 aromatic heterocycles. The van der Waals surface area contributed by atoms with E-state index in [1.807, 2.05) is 6.92 Å². The highest BCUT2D eigenvalue weighted by Gasteiger charge is 2.69. The van der Waals surface area contributed by atoms with Gasteiger partial charge in [-0.2, -0.15) is 0 Å². The summed E-state index contributed by atoms with van der Waals surface area (Å²) in [6.07, 6.45) is 3.91. The van der Waals surface area contributed by atoms with Gasteiger partial charge in [0.25, 0.3) is 0 Å². The van der Waals surface area contributed by atoms with Gasteiger partial charge in [-0.1, -0.05) is 34.6 Å². The van der Waals surface area contributed by atoms with Crippen molar-refractivity contribution in [3.63, 3.8) is 0 Å². The zero-order chi connectivity index (χ0) is 16.1. The highest BCUT2D eigenvalue weighted by molar-refractivity contribution is 5.19. The van der Waals surface area contributed by atoms with Crippen molar-refractivity contribution in [3.05, 3.63) is 0 Å². The molecule has 0 amide bonds. The third kappa shape index (κ3) is 2.55. The van der Waals surface area contributed by atoms with Gasteiger partial charge in [-0.15, -0.1) is 0 Å². The average molecular weight is 297 g/mol. The maximum atomic E-state index is 11.6. The Labute approximate surface area is 130 Å². The molecule has 0 aromatic carbocycles. The van der Waals surface area contributed by atoms with Gasteiger partial charge in [0.15, 0.2) is 0 Å². The van der Waals surface area contributed by atoms with E-state index >= 15 is 0 Å². The molecule has 3 heteroatoms. The first-order chi connectivity index (χ1) is 9.51. The molecule has 2 aliphatic rings. The zero-order valence-corrected chi connectivity index (χ0v) is 14.9. The molecule has 124 valence electrons. The lowest BCUT2D eigenvalue weighted by atomic mass is 9.57. The summed E-state index contributed by atoms with van der Waals surface area (Å²) in [6, 6.07) is 0. The van der Waals surface area contributed by atoms with E-state index in [-0.39, 0.29) is 10.8 Å². The maximum Gasteiger partial charge on any atom is 0.0782 e. The standard InChI is InChI=1S/C18H35NO2/c1-7-19(8-2)13-17(6,20)12-18(21)15(3,4)14-9-10-16(18,5)11-14/h14,20-21H,7-13H2,1-6H3/t14-,16+,17+,18-/m0/s1. The highest BCUT2D eigenvalue weighted by atomic mass is 16.3. The molecule has 0 saturated heterocycles. The smallest absolute Gasteiger partial charge is 0.0782 e. The van der Waals surface area contributed by atoms with E-state index in [4.69, 9.17) is 0 Å². The number of aliphatic hydroxyl groups is 2. The predicted octanol–water partition coefficient (Wildman–Crippen LogP) is 3.05. The monoisotopic (exact) mass is 297 g/mol. The molecule has 2 rings (SSSR count). The van der Waals surface area contributed by atoms with Crippen molar-refractivity contribution in [1.29, 1.82) is 0 Å². The van der Waals surface area contributed by atoms with Crippen LogP contribution < -0.4 is 0 Å². The van der Waals surface area contributed by atoms with Crippen molar-refractivity contribution in [2.45, 2.75) is 78.4 Å². The Morgan fingerprint density at radius 1 is 1.19 bits per heavy atom. The Bertz CT molecular complexity index is 382. The van der Waals surface area contributed by atoms with E-state index < -0.39 is 11.2 Å². The second kappa shape index (κ2) is 5.21. The molecule has 21 heavy (non-hydrogen) atoms. The number of hydrogen-bond donors (Lipinski definition) is 2. The summed E-state index contributed by atoms with van der Waals surface area (Å²) in [7, 11) is 0. The Kier molecular flexibility index (Phi) is 4.28. The molecule has 3 nitrogen and oxygen atoms in total. The molecule has 2 fully saturated rings. The first-order valence-corrected chi connectivity index (χ1v) is 8.68. The number of fused-ring (bicyclic) bond motifs is 2. The summed E-state index contributed by atoms with van der Waals surface area (Å²) in [6.45, 7) is 15.3. The lowest BCUT2D eigenvalue weighted by molar-refractivity contribution is -0.181. The van der Waals surface area contributed by atoms with Gasteiger partial charge in [-0.05, 0) is 56.0 Å². The minimum absolute atomic E-state index is 0.0333. The van der Waals surface area contributed by atoms with Gasteiger partial charge in [-0.25, -0.2) is 0 Å². The molecule has 0 radical (unpaired) electrons. The van der Waals surface area contributed by atoms with Crippen LogP contribution in [0, 0.1) is 16.7 Å². The molecule has 2 aliphatic carbocycles. The van der Waals surface area contributed by atoms with E-state index in [1.165, 1.54) is 6.42 Å². The van der Waals surface area contributed by atoms with Crippen LogP contribution in [0.4, 0.5) is 0 Å². The van der Waals surface area contributed by atoms with Crippen LogP contribution in [0.2, 0.25) is 0 Å². The molecular weight excluding hydrogens is 262 g/mol. The average Bonchev–Trinajstić information content (AvgIpc) is 2.84. The molecule has 2 bridgehead atoms. The van der Waals surface area contributed by atoms with Gasteiger partial charge in [0.2, 0.25) is 0 Å². The van der Waals surface area contributed by atoms with Crippen LogP contribution in [0.5, 0.6) is 0 Å². The van der Waals surface area contributed by atoms with Crippen molar-refractivity contribution in [1.82, 2.24) is 4.90 Å². The molecule has 0 unspecified atom stereocenters. The van der Waals surface area contributed by atoms with Gasteiger partial charge >= 0.3 is 0 Å². The van der Waals surface area contributed by atoms with Crippen LogP contribution in [0.15, 0.2) is 0 Å². The molecule has 0 spiro atoms. The van der Waals surface area contributed by atoms with Crippen molar-refractivity contribution in [2.24, 2.45) is 16.7 Å². The van der Waals surface area contributed by atoms with E-state index in [9.17, 15) is 10.2 Å². The van der Waals surface area contributed by atoms with Crippen molar-refractivity contribution < 1.29 is 10.2 Å². The molecule has 2 saturated carbocycles. The quantitative estimate of drug-likeness (QED) is 0.792. The summed E-state index contributed by atoms with van der Waals surface area (Å²) < 4.78 is 0. The summed E-state index contributed by atoms with van der Waals surface area (Å²) in [5.41, 5.74) is -1.74. The van der Waals surface area contributed by atoms with Crippen molar-refractivity contribution in [2.75, 3.05) is 19.6 Å². The predicted molar refractivity (Wildman–Crippen MR) is 87.2 cm³/mol. The van der Waals surface area contributed by atoms with Crippen molar-refractivity contribution in [3.8, 4) is 0 Å². The van der Waals surface area contributed by atoms with Gasteiger partial charge in [0, 0.05) is 13.0 Å². The highest BCUT2D eigenvalue weighted by Crippen LogP contribution is 2.69. The number of nitrogens with zero attached hydrogens (tertiary/aromatic N) is 1. The Balaban J connectivity index is 2.20. The summed E-state index contributed by atoms with van der Waals surface area (Å²) in [5, 5.41) is 22.5. The minimum atomic E-state index is -0.842. The van der Waals surface area contributed by atoms with Crippen molar-refractivity contribution >= 4 is 0 Å². The molecule has 0 heterocycles. The van der Waals surface area contributed by atoms with Crippen LogP contribution in [-0.4, -0.2) is 45.9 Å². The number of rotatable bonds is 6.